The van der Waals surface area contributed by atoms with Gasteiger partial charge in [-0.15, -0.1) is 0 Å². The molecule has 0 saturated carbocycles. The number of H-pyrrole nitrogens is 1. The van der Waals surface area contributed by atoms with Gasteiger partial charge in [0.15, 0.2) is 0 Å². The first kappa shape index (κ1) is 29.5. The molecule has 4 unspecified atom stereocenters. The minimum Gasteiger partial charge on any atom is -0.480 e. The molecule has 0 bridgehead atoms. The maximum absolute atomic E-state index is 13.2. The Balaban J connectivity index is 2.24. The smallest absolute Gasteiger partial charge is 0.326 e. The molecule has 0 radical (unpaired) electrons. The third kappa shape index (κ3) is 8.17. The van der Waals surface area contributed by atoms with Crippen LogP contribution in [0.4, 0.5) is 0 Å². The largest absolute Gasteiger partial charge is 0.480 e. The van der Waals surface area contributed by atoms with E-state index >= 15 is 0 Å². The van der Waals surface area contributed by atoms with Crippen molar-refractivity contribution in [1.82, 2.24) is 20.9 Å². The summed E-state index contributed by atoms with van der Waals surface area (Å²) in [6.07, 6.45) is 4.20. The van der Waals surface area contributed by atoms with Crippen molar-refractivity contribution in [3.05, 3.63) is 36.0 Å². The van der Waals surface area contributed by atoms with Gasteiger partial charge in [-0.25, -0.2) is 4.79 Å². The molecule has 0 spiro atoms. The SMILES string of the molecule is CSCCC(N)C(=O)NC(CS)C(=O)NC(Cc1c[nH]c2ccccc12)C(=O)NC(C(=O)O)C(C)C. The number of carbonyl (C=O) groups excluding carboxylic acids is 3. The van der Waals surface area contributed by atoms with Crippen molar-refractivity contribution in [3.63, 3.8) is 0 Å². The van der Waals surface area contributed by atoms with E-state index in [1.807, 2.05) is 30.5 Å². The number of thioether (sulfide) groups is 1. The Labute approximate surface area is 220 Å². The number of carboxylic acids is 1. The van der Waals surface area contributed by atoms with E-state index in [-0.39, 0.29) is 18.1 Å². The molecule has 1 aromatic heterocycles. The normalized spacial score (nSPS) is 14.6. The molecule has 2 aromatic rings. The highest BCUT2D eigenvalue weighted by Gasteiger charge is 2.31. The second-order valence-corrected chi connectivity index (χ2v) is 10.2. The van der Waals surface area contributed by atoms with Crippen LogP contribution in [0.1, 0.15) is 25.8 Å². The number of hydrogen-bond acceptors (Lipinski definition) is 7. The van der Waals surface area contributed by atoms with Crippen LogP contribution in [0.25, 0.3) is 10.9 Å². The lowest BCUT2D eigenvalue weighted by atomic mass is 10.0. The lowest BCUT2D eigenvalue weighted by Crippen LogP contribution is -2.58. The Hall–Kier alpha value is -2.70. The van der Waals surface area contributed by atoms with Crippen molar-refractivity contribution in [1.29, 1.82) is 0 Å². The number of carbonyl (C=O) groups is 4. The van der Waals surface area contributed by atoms with Gasteiger partial charge in [0.2, 0.25) is 17.7 Å². The van der Waals surface area contributed by atoms with E-state index in [9.17, 15) is 24.3 Å². The fourth-order valence-corrected chi connectivity index (χ4v) is 4.36. The highest BCUT2D eigenvalue weighted by atomic mass is 32.2. The van der Waals surface area contributed by atoms with Crippen molar-refractivity contribution in [2.24, 2.45) is 11.7 Å². The second-order valence-electron chi connectivity index (χ2n) is 8.83. The summed E-state index contributed by atoms with van der Waals surface area (Å²) in [4.78, 5) is 53.5. The number of para-hydroxylation sites is 1. The van der Waals surface area contributed by atoms with Crippen LogP contribution in [0.15, 0.2) is 30.5 Å². The molecule has 2 rings (SSSR count). The molecule has 1 heterocycles. The molecule has 3 amide bonds. The fraction of sp³-hybridized carbons (Fsp3) is 0.500. The van der Waals surface area contributed by atoms with Crippen molar-refractivity contribution in [2.45, 2.75) is 50.9 Å². The summed E-state index contributed by atoms with van der Waals surface area (Å²) in [6.45, 7) is 3.36. The minimum absolute atomic E-state index is 0.0159. The van der Waals surface area contributed by atoms with Crippen molar-refractivity contribution >= 4 is 59.0 Å². The van der Waals surface area contributed by atoms with Gasteiger partial charge in [-0.3, -0.25) is 14.4 Å². The molecule has 0 aliphatic heterocycles. The number of nitrogens with one attached hydrogen (secondary N) is 4. The topological polar surface area (TPSA) is 166 Å². The Kier molecular flexibility index (Phi) is 11.6. The molecule has 0 aliphatic carbocycles. The van der Waals surface area contributed by atoms with Crippen molar-refractivity contribution in [3.8, 4) is 0 Å². The van der Waals surface area contributed by atoms with Crippen LogP contribution < -0.4 is 21.7 Å². The van der Waals surface area contributed by atoms with Gasteiger partial charge in [0.05, 0.1) is 6.04 Å². The maximum Gasteiger partial charge on any atom is 0.326 e. The van der Waals surface area contributed by atoms with Gasteiger partial charge < -0.3 is 31.8 Å². The number of rotatable bonds is 14. The quantitative estimate of drug-likeness (QED) is 0.176. The van der Waals surface area contributed by atoms with E-state index in [2.05, 4.69) is 33.6 Å². The third-order valence-electron chi connectivity index (χ3n) is 5.75. The van der Waals surface area contributed by atoms with Gasteiger partial charge in [-0.2, -0.15) is 24.4 Å². The predicted octanol–water partition coefficient (Wildman–Crippen LogP) is 0.916. The van der Waals surface area contributed by atoms with E-state index in [0.29, 0.717) is 12.2 Å². The summed E-state index contributed by atoms with van der Waals surface area (Å²) in [6, 6.07) is 3.48. The Morgan fingerprint density at radius 2 is 1.69 bits per heavy atom. The van der Waals surface area contributed by atoms with Gasteiger partial charge in [-0.1, -0.05) is 32.0 Å². The number of nitrogens with two attached hydrogens (primary N) is 1. The van der Waals surface area contributed by atoms with Gasteiger partial charge in [0.25, 0.3) is 0 Å². The van der Waals surface area contributed by atoms with Gasteiger partial charge in [0, 0.05) is 29.3 Å². The molecule has 0 fully saturated rings. The highest BCUT2D eigenvalue weighted by Crippen LogP contribution is 2.19. The standard InChI is InChI=1S/C24H35N5O5S2/c1-13(2)20(24(33)34)29-22(31)18(10-14-11-26-17-7-5-4-6-15(14)17)27-23(32)19(12-35)28-21(30)16(25)8-9-36-3/h4-7,11,13,16,18-20,26,35H,8-10,12,25H2,1-3H3,(H,27,32)(H,28,30)(H,29,31)(H,33,34). The Morgan fingerprint density at radius 1 is 1.06 bits per heavy atom. The van der Waals surface area contributed by atoms with E-state index in [1.54, 1.807) is 31.8 Å². The number of amides is 3. The zero-order valence-corrected chi connectivity index (χ0v) is 22.3. The summed E-state index contributed by atoms with van der Waals surface area (Å²) >= 11 is 5.74. The maximum atomic E-state index is 13.2. The summed E-state index contributed by atoms with van der Waals surface area (Å²) < 4.78 is 0. The number of aromatic nitrogens is 1. The summed E-state index contributed by atoms with van der Waals surface area (Å²) in [5.74, 6) is -2.61. The Morgan fingerprint density at radius 3 is 2.31 bits per heavy atom. The molecule has 7 N–H and O–H groups in total. The van der Waals surface area contributed by atoms with Crippen molar-refractivity contribution in [2.75, 3.05) is 17.8 Å². The molecule has 4 atom stereocenters. The fourth-order valence-electron chi connectivity index (χ4n) is 3.62. The monoisotopic (exact) mass is 537 g/mol. The van der Waals surface area contributed by atoms with Crippen molar-refractivity contribution < 1.29 is 24.3 Å². The van der Waals surface area contributed by atoms with Crippen LogP contribution in [0.3, 0.4) is 0 Å². The van der Waals surface area contributed by atoms with Gasteiger partial charge in [-0.05, 0) is 36.0 Å². The number of aromatic amines is 1. The van der Waals surface area contributed by atoms with Crippen LogP contribution in [-0.2, 0) is 25.6 Å². The zero-order chi connectivity index (χ0) is 26.8. The number of aliphatic carboxylic acids is 1. The molecule has 0 saturated heterocycles. The molecule has 12 heteroatoms. The first-order valence-electron chi connectivity index (χ1n) is 11.6. The number of thiol groups is 1. The third-order valence-corrected chi connectivity index (χ3v) is 6.76. The second kappa shape index (κ2) is 14.1. The van der Waals surface area contributed by atoms with E-state index in [4.69, 9.17) is 5.73 Å². The van der Waals surface area contributed by atoms with Crippen LogP contribution in [0, 0.1) is 5.92 Å². The lowest BCUT2D eigenvalue weighted by Gasteiger charge is -2.25. The molecular weight excluding hydrogens is 502 g/mol. The van der Waals surface area contributed by atoms with E-state index in [0.717, 1.165) is 16.5 Å². The van der Waals surface area contributed by atoms with Gasteiger partial charge in [0.1, 0.15) is 18.1 Å². The van der Waals surface area contributed by atoms with E-state index in [1.165, 1.54) is 0 Å². The average Bonchev–Trinajstić information content (AvgIpc) is 3.25. The molecular formula is C24H35N5O5S2. The van der Waals surface area contributed by atoms with E-state index < -0.39 is 47.9 Å². The lowest BCUT2D eigenvalue weighted by molar-refractivity contribution is -0.143. The highest BCUT2D eigenvalue weighted by molar-refractivity contribution is 7.98. The first-order valence-corrected chi connectivity index (χ1v) is 13.7. The minimum atomic E-state index is -1.17. The van der Waals surface area contributed by atoms with Crippen LogP contribution >= 0.6 is 24.4 Å². The molecule has 1 aromatic carbocycles. The predicted molar refractivity (Wildman–Crippen MR) is 145 cm³/mol. The molecule has 10 nitrogen and oxygen atoms in total. The first-order chi connectivity index (χ1) is 17.1. The van der Waals surface area contributed by atoms with Crippen LogP contribution in [0.5, 0.6) is 0 Å². The number of benzene rings is 1. The van der Waals surface area contributed by atoms with Crippen LogP contribution in [0.2, 0.25) is 0 Å². The number of fused-ring (bicyclic) bond motifs is 1. The Bertz CT molecular complexity index is 1060. The number of carboxylic acid groups (broad SMARTS) is 1. The molecule has 0 aliphatic rings. The summed E-state index contributed by atoms with van der Waals surface area (Å²) in [5, 5.41) is 18.2. The molecule has 36 heavy (non-hydrogen) atoms. The van der Waals surface area contributed by atoms with Gasteiger partial charge >= 0.3 is 5.97 Å². The molecule has 198 valence electrons. The summed E-state index contributed by atoms with van der Waals surface area (Å²) in [7, 11) is 0. The average molecular weight is 538 g/mol. The summed E-state index contributed by atoms with van der Waals surface area (Å²) in [5.41, 5.74) is 7.54. The van der Waals surface area contributed by atoms with Crippen LogP contribution in [-0.4, -0.2) is 75.7 Å². The zero-order valence-electron chi connectivity index (χ0n) is 20.6. The number of hydrogen-bond donors (Lipinski definition) is 7.